The fourth-order valence-corrected chi connectivity index (χ4v) is 4.69. The van der Waals surface area contributed by atoms with Gasteiger partial charge in [-0.1, -0.05) is 6.42 Å². The molecule has 2 bridgehead atoms. The number of carbonyl (C=O) groups excluding carboxylic acids is 1. The summed E-state index contributed by atoms with van der Waals surface area (Å²) >= 11 is 1.97. The zero-order chi connectivity index (χ0) is 13.0. The Hall–Kier alpha value is -0.220. The third-order valence-electron chi connectivity index (χ3n) is 4.38. The molecule has 4 unspecified atom stereocenters. The number of hydrogen-bond acceptors (Lipinski definition) is 4. The van der Waals surface area contributed by atoms with E-state index in [-0.39, 0.29) is 5.97 Å². The second-order valence-electron chi connectivity index (χ2n) is 5.66. The van der Waals surface area contributed by atoms with Crippen molar-refractivity contribution in [1.82, 2.24) is 0 Å². The van der Waals surface area contributed by atoms with Gasteiger partial charge in [-0.2, -0.15) is 11.8 Å². The van der Waals surface area contributed by atoms with Gasteiger partial charge in [0.2, 0.25) is 0 Å². The molecule has 2 aliphatic rings. The van der Waals surface area contributed by atoms with E-state index >= 15 is 0 Å². The van der Waals surface area contributed by atoms with Crippen LogP contribution >= 0.6 is 11.8 Å². The lowest BCUT2D eigenvalue weighted by Gasteiger charge is -2.21. The predicted molar refractivity (Wildman–Crippen MR) is 75.5 cm³/mol. The van der Waals surface area contributed by atoms with E-state index in [0.29, 0.717) is 6.61 Å². The highest BCUT2D eigenvalue weighted by Gasteiger charge is 2.38. The topological polar surface area (TPSA) is 52.3 Å². The van der Waals surface area contributed by atoms with Gasteiger partial charge in [0.1, 0.15) is 6.04 Å². The Morgan fingerprint density at radius 1 is 1.44 bits per heavy atom. The van der Waals surface area contributed by atoms with Crippen LogP contribution in [0.2, 0.25) is 0 Å². The molecule has 104 valence electrons. The number of nitrogens with two attached hydrogens (primary N) is 1. The lowest BCUT2D eigenvalue weighted by atomic mass is 9.90. The highest BCUT2D eigenvalue weighted by molar-refractivity contribution is 7.99. The van der Waals surface area contributed by atoms with Gasteiger partial charge in [-0.25, -0.2) is 0 Å². The van der Waals surface area contributed by atoms with Crippen molar-refractivity contribution in [2.45, 2.75) is 45.1 Å². The van der Waals surface area contributed by atoms with Gasteiger partial charge in [0.15, 0.2) is 0 Å². The Balaban J connectivity index is 1.55. The normalized spacial score (nSPS) is 31.6. The van der Waals surface area contributed by atoms with Gasteiger partial charge in [0.25, 0.3) is 0 Å². The van der Waals surface area contributed by atoms with Gasteiger partial charge in [-0.15, -0.1) is 0 Å². The van der Waals surface area contributed by atoms with Crippen LogP contribution in [0.1, 0.15) is 39.0 Å². The summed E-state index contributed by atoms with van der Waals surface area (Å²) in [5.74, 6) is 4.96. The summed E-state index contributed by atoms with van der Waals surface area (Å²) in [7, 11) is 0. The lowest BCUT2D eigenvalue weighted by Crippen LogP contribution is -2.32. The van der Waals surface area contributed by atoms with Crippen molar-refractivity contribution in [3.05, 3.63) is 0 Å². The average molecular weight is 271 g/mol. The van der Waals surface area contributed by atoms with Crippen LogP contribution in [0.5, 0.6) is 0 Å². The zero-order valence-electron chi connectivity index (χ0n) is 11.3. The smallest absolute Gasteiger partial charge is 0.322 e. The Bertz CT molecular complexity index is 285. The monoisotopic (exact) mass is 271 g/mol. The molecule has 2 aliphatic carbocycles. The minimum atomic E-state index is -0.433. The first-order valence-electron chi connectivity index (χ1n) is 7.20. The number of rotatable bonds is 7. The van der Waals surface area contributed by atoms with Crippen LogP contribution in [-0.2, 0) is 9.53 Å². The van der Waals surface area contributed by atoms with Crippen LogP contribution in [0.15, 0.2) is 0 Å². The van der Waals surface area contributed by atoms with E-state index in [2.05, 4.69) is 0 Å². The molecule has 2 fully saturated rings. The first-order chi connectivity index (χ1) is 8.70. The number of esters is 1. The van der Waals surface area contributed by atoms with Crippen molar-refractivity contribution >= 4 is 17.7 Å². The van der Waals surface area contributed by atoms with E-state index in [0.717, 1.165) is 29.9 Å². The molecule has 2 N–H and O–H groups in total. The highest BCUT2D eigenvalue weighted by atomic mass is 32.2. The summed E-state index contributed by atoms with van der Waals surface area (Å²) in [4.78, 5) is 11.3. The molecule has 0 saturated heterocycles. The van der Waals surface area contributed by atoms with Crippen LogP contribution in [-0.4, -0.2) is 30.1 Å². The third-order valence-corrected chi connectivity index (χ3v) is 5.57. The molecule has 4 atom stereocenters. The molecule has 0 radical (unpaired) electrons. The second kappa shape index (κ2) is 6.80. The number of thioether (sulfide) groups is 1. The van der Waals surface area contributed by atoms with E-state index < -0.39 is 6.04 Å². The summed E-state index contributed by atoms with van der Waals surface area (Å²) in [5.41, 5.74) is 5.77. The first kappa shape index (κ1) is 14.2. The predicted octanol–water partition coefficient (Wildman–Crippen LogP) is 2.44. The molecule has 0 amide bonds. The van der Waals surface area contributed by atoms with Crippen molar-refractivity contribution in [3.8, 4) is 0 Å². The molecule has 0 spiro atoms. The minimum absolute atomic E-state index is 0.252. The summed E-state index contributed by atoms with van der Waals surface area (Å²) in [5, 5.41) is 0. The highest BCUT2D eigenvalue weighted by Crippen LogP contribution is 2.49. The molecular formula is C14H25NO2S. The summed E-state index contributed by atoms with van der Waals surface area (Å²) in [6.45, 7) is 2.24. The van der Waals surface area contributed by atoms with Crippen LogP contribution in [0.25, 0.3) is 0 Å². The Morgan fingerprint density at radius 3 is 2.89 bits per heavy atom. The van der Waals surface area contributed by atoms with E-state index in [1.165, 1.54) is 31.4 Å². The number of carbonyl (C=O) groups is 1. The van der Waals surface area contributed by atoms with Gasteiger partial charge < -0.3 is 10.5 Å². The van der Waals surface area contributed by atoms with Gasteiger partial charge in [0, 0.05) is 0 Å². The maximum absolute atomic E-state index is 11.3. The van der Waals surface area contributed by atoms with Crippen LogP contribution < -0.4 is 5.73 Å². The van der Waals surface area contributed by atoms with E-state index in [9.17, 15) is 4.79 Å². The molecule has 3 nitrogen and oxygen atoms in total. The fourth-order valence-electron chi connectivity index (χ4n) is 3.39. The molecule has 2 saturated carbocycles. The maximum atomic E-state index is 11.3. The second-order valence-corrected chi connectivity index (χ2v) is 6.81. The molecule has 0 aromatic rings. The van der Waals surface area contributed by atoms with Crippen molar-refractivity contribution in [2.24, 2.45) is 23.5 Å². The van der Waals surface area contributed by atoms with Crippen LogP contribution in [0.4, 0.5) is 0 Å². The van der Waals surface area contributed by atoms with Gasteiger partial charge >= 0.3 is 5.97 Å². The maximum Gasteiger partial charge on any atom is 0.322 e. The molecule has 2 rings (SSSR count). The number of ether oxygens (including phenoxy) is 1. The van der Waals surface area contributed by atoms with Crippen molar-refractivity contribution in [3.63, 3.8) is 0 Å². The lowest BCUT2D eigenvalue weighted by molar-refractivity contribution is -0.144. The molecule has 0 aliphatic heterocycles. The Kier molecular flexibility index (Phi) is 5.37. The average Bonchev–Trinajstić information content (AvgIpc) is 2.96. The van der Waals surface area contributed by atoms with Crippen LogP contribution in [0, 0.1) is 17.8 Å². The summed E-state index contributed by atoms with van der Waals surface area (Å²) < 4.78 is 4.90. The van der Waals surface area contributed by atoms with Crippen molar-refractivity contribution in [1.29, 1.82) is 0 Å². The Morgan fingerprint density at radius 2 is 2.28 bits per heavy atom. The summed E-state index contributed by atoms with van der Waals surface area (Å²) in [6, 6.07) is -0.433. The molecule has 0 heterocycles. The third kappa shape index (κ3) is 3.64. The van der Waals surface area contributed by atoms with E-state index in [1.807, 2.05) is 18.7 Å². The summed E-state index contributed by atoms with van der Waals surface area (Å²) in [6.07, 6.45) is 6.59. The Labute approximate surface area is 114 Å². The standard InChI is InChI=1S/C14H25NO2S/c1-2-17-14(16)13(15)5-6-18-9-12-8-10-3-4-11(12)7-10/h10-13H,2-9,15H2,1H3. The van der Waals surface area contributed by atoms with Crippen LogP contribution in [0.3, 0.4) is 0 Å². The first-order valence-corrected chi connectivity index (χ1v) is 8.36. The molecule has 0 aromatic heterocycles. The van der Waals surface area contributed by atoms with Crippen molar-refractivity contribution < 1.29 is 9.53 Å². The SMILES string of the molecule is CCOC(=O)C(N)CCSCC1CC2CCC1C2. The van der Waals surface area contributed by atoms with Gasteiger partial charge in [-0.3, -0.25) is 4.79 Å². The minimum Gasteiger partial charge on any atom is -0.465 e. The van der Waals surface area contributed by atoms with E-state index in [4.69, 9.17) is 10.5 Å². The zero-order valence-corrected chi connectivity index (χ0v) is 12.1. The number of hydrogen-bond donors (Lipinski definition) is 1. The molecule has 0 aromatic carbocycles. The quantitative estimate of drug-likeness (QED) is 0.571. The van der Waals surface area contributed by atoms with Gasteiger partial charge in [-0.05, 0) is 61.9 Å². The van der Waals surface area contributed by atoms with Crippen molar-refractivity contribution in [2.75, 3.05) is 18.1 Å². The fraction of sp³-hybridized carbons (Fsp3) is 0.929. The van der Waals surface area contributed by atoms with E-state index in [1.54, 1.807) is 0 Å². The molecule has 4 heteroatoms. The largest absolute Gasteiger partial charge is 0.465 e. The molecular weight excluding hydrogens is 246 g/mol. The molecule has 18 heavy (non-hydrogen) atoms. The van der Waals surface area contributed by atoms with Gasteiger partial charge in [0.05, 0.1) is 6.61 Å². The number of fused-ring (bicyclic) bond motifs is 2.